The summed E-state index contributed by atoms with van der Waals surface area (Å²) in [5.41, 5.74) is 0. The Morgan fingerprint density at radius 3 is 1.27 bits per heavy atom. The third-order valence-electron chi connectivity index (χ3n) is 13.4. The molecule has 1 fully saturated rings. The first-order valence-corrected chi connectivity index (χ1v) is 31.8. The molecule has 1 heterocycles. The van der Waals surface area contributed by atoms with E-state index >= 15 is 0 Å². The zero-order valence-corrected chi connectivity index (χ0v) is 51.4. The monoisotopic (exact) mass is 1150 g/mol. The molecular weight excluding hydrogens is 1040 g/mol. The Bertz CT molecular complexity index is 2000. The quantitative estimate of drug-likeness (QED) is 0.0228. The number of aliphatic hydroxyl groups is 2. The zero-order valence-electron chi connectivity index (χ0n) is 51.4. The average molecular weight is 1160 g/mol. The van der Waals surface area contributed by atoms with Gasteiger partial charge in [0.1, 0.15) is 18.8 Å². The second kappa shape index (κ2) is 57.1. The van der Waals surface area contributed by atoms with Gasteiger partial charge in [0.25, 0.3) is 0 Å². The summed E-state index contributed by atoms with van der Waals surface area (Å²) in [5, 5.41) is 31.5. The van der Waals surface area contributed by atoms with Crippen LogP contribution in [0.4, 0.5) is 0 Å². The van der Waals surface area contributed by atoms with E-state index < -0.39 is 67.3 Å². The van der Waals surface area contributed by atoms with Gasteiger partial charge in [-0.3, -0.25) is 14.4 Å². The van der Waals surface area contributed by atoms with Crippen LogP contribution in [0.2, 0.25) is 0 Å². The number of hydrogen-bond acceptors (Lipinski definition) is 11. The fraction of sp³-hybridized carbons (Fsp3) is 0.606. The van der Waals surface area contributed by atoms with Gasteiger partial charge in [-0.2, -0.15) is 0 Å². The highest BCUT2D eigenvalue weighted by Crippen LogP contribution is 2.26. The summed E-state index contributed by atoms with van der Waals surface area (Å²) in [5.74, 6) is -3.41. The van der Waals surface area contributed by atoms with Gasteiger partial charge in [-0.15, -0.1) is 0 Å². The number of esters is 3. The molecule has 0 aromatic heterocycles. The van der Waals surface area contributed by atoms with E-state index in [2.05, 4.69) is 130 Å². The third-order valence-corrected chi connectivity index (χ3v) is 13.4. The van der Waals surface area contributed by atoms with E-state index in [9.17, 15) is 34.5 Å². The number of carboxylic acids is 1. The van der Waals surface area contributed by atoms with Crippen molar-refractivity contribution < 1.29 is 58.2 Å². The summed E-state index contributed by atoms with van der Waals surface area (Å²) in [4.78, 5) is 51.2. The fourth-order valence-corrected chi connectivity index (χ4v) is 8.64. The van der Waals surface area contributed by atoms with Crippen molar-refractivity contribution in [3.05, 3.63) is 146 Å². The van der Waals surface area contributed by atoms with E-state index in [-0.39, 0.29) is 25.9 Å². The van der Waals surface area contributed by atoms with E-state index in [0.29, 0.717) is 25.7 Å². The van der Waals surface area contributed by atoms with E-state index in [1.807, 2.05) is 24.3 Å². The number of rotatable bonds is 52. The van der Waals surface area contributed by atoms with E-state index in [1.165, 1.54) is 70.6 Å². The molecule has 6 atom stereocenters. The second-order valence-electron chi connectivity index (χ2n) is 20.9. The van der Waals surface area contributed by atoms with Crippen LogP contribution in [0.15, 0.2) is 146 Å². The molecule has 0 saturated carbocycles. The molecule has 3 N–H and O–H groups in total. The molecule has 0 amide bonds. The zero-order chi connectivity index (χ0) is 60.3. The number of allylic oxidation sites excluding steroid dienone is 23. The lowest BCUT2D eigenvalue weighted by Crippen LogP contribution is -2.61. The minimum atomic E-state index is -1.95. The van der Waals surface area contributed by atoms with Crippen molar-refractivity contribution in [2.75, 3.05) is 13.2 Å². The van der Waals surface area contributed by atoms with Gasteiger partial charge in [0, 0.05) is 12.8 Å². The van der Waals surface area contributed by atoms with E-state index in [1.54, 1.807) is 12.2 Å². The van der Waals surface area contributed by atoms with Gasteiger partial charge in [0.15, 0.2) is 24.6 Å². The first-order chi connectivity index (χ1) is 40.6. The molecule has 12 nitrogen and oxygen atoms in total. The summed E-state index contributed by atoms with van der Waals surface area (Å²) >= 11 is 0. The summed E-state index contributed by atoms with van der Waals surface area (Å²) in [6, 6.07) is 0. The standard InChI is InChI=1S/C71H110O12/c1-4-7-10-13-16-19-22-25-28-30-32-34-37-39-42-45-48-51-54-57-63(72)79-60-62(81-64(73)58-55-52-49-46-43-41-38-35-33-31-29-26-23-20-17-14-11-8-5-2)61-80-71-69(67(76)66(75)68(83-71)70(77)78)82-65(74)59-56-53-50-47-44-40-36-27-24-21-18-15-12-9-6-3/h7,9-10,12,16,18-19,21,25-29,32,34,36,39,42,44,47-48,51,53,56,62,66-69,71,75-76H,4-6,8,11,13-15,17,20,22-24,30-31,33,35,37-38,40-41,43,45-46,49-50,52,54-55,57-61H2,1-3H3,(H,77,78)/b10-7-,12-9-,19-16-,21-18-,28-25-,29-26-,34-32-,36-27-,42-39-,47-44-,51-48-,56-53-. The maximum atomic E-state index is 13.2. The van der Waals surface area contributed by atoms with Crippen molar-refractivity contribution in [1.29, 1.82) is 0 Å². The SMILES string of the molecule is CC/C=C\C/C=C\C/C=C\C/C=C\C/C=C\C/C=C\CCC(=O)OCC(COC1OC(C(=O)O)C(O)C(O)C1OC(=O)C/C=C\C/C=C\C/C=C\C/C=C\C/C=C\CC)OC(=O)CCCCCCCCCCC/C=C\CCCCCCCC. The number of hydrogen-bond donors (Lipinski definition) is 3. The first-order valence-electron chi connectivity index (χ1n) is 31.8. The van der Waals surface area contributed by atoms with Gasteiger partial charge >= 0.3 is 23.9 Å². The van der Waals surface area contributed by atoms with Crippen LogP contribution in [0, 0.1) is 0 Å². The molecular formula is C71H110O12. The van der Waals surface area contributed by atoms with Crippen molar-refractivity contribution in [1.82, 2.24) is 0 Å². The first kappa shape index (κ1) is 75.6. The summed E-state index contributed by atoms with van der Waals surface area (Å²) in [6.07, 6.45) is 69.9. The molecule has 0 aromatic rings. The summed E-state index contributed by atoms with van der Waals surface area (Å²) < 4.78 is 28.3. The Hall–Kier alpha value is -5.40. The number of carboxylic acid groups (broad SMARTS) is 1. The Morgan fingerprint density at radius 1 is 0.422 bits per heavy atom. The maximum Gasteiger partial charge on any atom is 0.335 e. The highest BCUT2D eigenvalue weighted by atomic mass is 16.7. The molecule has 0 aromatic carbocycles. The molecule has 1 rings (SSSR count). The molecule has 1 aliphatic heterocycles. The van der Waals surface area contributed by atoms with Crippen LogP contribution < -0.4 is 0 Å². The Labute approximate surface area is 502 Å². The molecule has 466 valence electrons. The smallest absolute Gasteiger partial charge is 0.335 e. The molecule has 0 spiro atoms. The van der Waals surface area contributed by atoms with Crippen molar-refractivity contribution in [2.45, 2.75) is 263 Å². The molecule has 6 unspecified atom stereocenters. The fourth-order valence-electron chi connectivity index (χ4n) is 8.64. The van der Waals surface area contributed by atoms with E-state index in [4.69, 9.17) is 23.7 Å². The van der Waals surface area contributed by atoms with Crippen LogP contribution >= 0.6 is 0 Å². The predicted octanol–water partition coefficient (Wildman–Crippen LogP) is 17.1. The number of carbonyl (C=O) groups excluding carboxylic acids is 3. The molecule has 0 radical (unpaired) electrons. The largest absolute Gasteiger partial charge is 0.479 e. The lowest BCUT2D eigenvalue weighted by Gasteiger charge is -2.40. The highest BCUT2D eigenvalue weighted by molar-refractivity contribution is 5.74. The van der Waals surface area contributed by atoms with Gasteiger partial charge in [0.05, 0.1) is 13.0 Å². The molecule has 0 aliphatic carbocycles. The summed E-state index contributed by atoms with van der Waals surface area (Å²) in [7, 11) is 0. The van der Waals surface area contributed by atoms with Crippen LogP contribution in [-0.4, -0.2) is 89.2 Å². The Balaban J connectivity index is 2.77. The minimum absolute atomic E-state index is 0.0758. The number of unbranched alkanes of at least 4 members (excludes halogenated alkanes) is 15. The van der Waals surface area contributed by atoms with Crippen molar-refractivity contribution in [3.63, 3.8) is 0 Å². The topological polar surface area (TPSA) is 175 Å². The normalized spacial score (nSPS) is 18.6. The third kappa shape index (κ3) is 46.6. The average Bonchev–Trinajstić information content (AvgIpc) is 3.58. The van der Waals surface area contributed by atoms with Gasteiger partial charge in [0.2, 0.25) is 0 Å². The second-order valence-corrected chi connectivity index (χ2v) is 20.9. The van der Waals surface area contributed by atoms with Crippen LogP contribution in [0.3, 0.4) is 0 Å². The highest BCUT2D eigenvalue weighted by Gasteiger charge is 2.50. The van der Waals surface area contributed by atoms with Gasteiger partial charge < -0.3 is 39.0 Å². The van der Waals surface area contributed by atoms with Gasteiger partial charge in [-0.05, 0) is 109 Å². The number of aliphatic hydroxyl groups excluding tert-OH is 2. The Kier molecular flexibility index (Phi) is 52.0. The number of carbonyl (C=O) groups is 4. The minimum Gasteiger partial charge on any atom is -0.479 e. The number of ether oxygens (including phenoxy) is 5. The van der Waals surface area contributed by atoms with Crippen LogP contribution in [0.1, 0.15) is 226 Å². The summed E-state index contributed by atoms with van der Waals surface area (Å²) in [6.45, 7) is 5.65. The molecule has 0 bridgehead atoms. The van der Waals surface area contributed by atoms with Crippen molar-refractivity contribution in [2.24, 2.45) is 0 Å². The molecule has 83 heavy (non-hydrogen) atoms. The maximum absolute atomic E-state index is 13.2. The van der Waals surface area contributed by atoms with Gasteiger partial charge in [-0.25, -0.2) is 4.79 Å². The van der Waals surface area contributed by atoms with Crippen molar-refractivity contribution in [3.8, 4) is 0 Å². The Morgan fingerprint density at radius 2 is 0.819 bits per heavy atom. The van der Waals surface area contributed by atoms with Crippen LogP contribution in [0.25, 0.3) is 0 Å². The lowest BCUT2D eigenvalue weighted by atomic mass is 9.98. The predicted molar refractivity (Wildman–Crippen MR) is 339 cm³/mol. The van der Waals surface area contributed by atoms with Crippen molar-refractivity contribution >= 4 is 23.9 Å². The lowest BCUT2D eigenvalue weighted by molar-refractivity contribution is -0.301. The molecule has 12 heteroatoms. The van der Waals surface area contributed by atoms with Crippen LogP contribution in [0.5, 0.6) is 0 Å². The van der Waals surface area contributed by atoms with E-state index in [0.717, 1.165) is 89.9 Å². The molecule has 1 saturated heterocycles. The van der Waals surface area contributed by atoms with Crippen LogP contribution in [-0.2, 0) is 42.9 Å². The number of aliphatic carboxylic acids is 1. The van der Waals surface area contributed by atoms with Gasteiger partial charge in [-0.1, -0.05) is 244 Å². The molecule has 1 aliphatic rings.